The number of nitrogens with one attached hydrogen (secondary N) is 2. The van der Waals surface area contributed by atoms with Gasteiger partial charge in [-0.25, -0.2) is 9.78 Å². The number of hydrogen-bond acceptors (Lipinski definition) is 5. The average molecular weight is 354 g/mol. The third kappa shape index (κ3) is 10.6. The van der Waals surface area contributed by atoms with E-state index in [1.165, 1.54) is 0 Å². The maximum Gasteiger partial charge on any atom is 0.490 e. The number of aromatic amines is 1. The maximum absolute atomic E-state index is 11.5. The van der Waals surface area contributed by atoms with Crippen LogP contribution in [0.15, 0.2) is 12.5 Å². The number of aliphatic carboxylic acids is 1. The van der Waals surface area contributed by atoms with E-state index in [4.69, 9.17) is 20.4 Å². The van der Waals surface area contributed by atoms with Crippen molar-refractivity contribution in [2.24, 2.45) is 5.73 Å². The van der Waals surface area contributed by atoms with Crippen LogP contribution in [0.5, 0.6) is 0 Å². The van der Waals surface area contributed by atoms with Gasteiger partial charge in [-0.3, -0.25) is 4.79 Å². The molecule has 5 N–H and O–H groups in total. The summed E-state index contributed by atoms with van der Waals surface area (Å²) in [5.41, 5.74) is 6.31. The summed E-state index contributed by atoms with van der Waals surface area (Å²) < 4.78 is 37.1. The summed E-state index contributed by atoms with van der Waals surface area (Å²) in [6.45, 7) is 3.41. The van der Waals surface area contributed by atoms with E-state index in [-0.39, 0.29) is 11.9 Å². The van der Waals surface area contributed by atoms with Gasteiger partial charge < -0.3 is 25.9 Å². The number of H-pyrrole nitrogens is 1. The Kier molecular flexibility index (Phi) is 10.4. The van der Waals surface area contributed by atoms with Crippen LogP contribution in [-0.2, 0) is 20.7 Å². The first-order valence-electron chi connectivity index (χ1n) is 7.05. The van der Waals surface area contributed by atoms with Crippen LogP contribution in [0.25, 0.3) is 0 Å². The van der Waals surface area contributed by atoms with Gasteiger partial charge in [-0.1, -0.05) is 0 Å². The fourth-order valence-corrected chi connectivity index (χ4v) is 1.50. The number of amides is 1. The largest absolute Gasteiger partial charge is 0.490 e. The molecule has 1 aromatic heterocycles. The fourth-order valence-electron chi connectivity index (χ4n) is 1.50. The lowest BCUT2D eigenvalue weighted by molar-refractivity contribution is -0.192. The number of halogens is 3. The summed E-state index contributed by atoms with van der Waals surface area (Å²) in [5.74, 6) is -2.80. The molecule has 0 fully saturated rings. The van der Waals surface area contributed by atoms with Crippen molar-refractivity contribution in [3.8, 4) is 0 Å². The van der Waals surface area contributed by atoms with E-state index in [1.54, 1.807) is 12.5 Å². The van der Waals surface area contributed by atoms with Crippen LogP contribution in [0.4, 0.5) is 13.2 Å². The Hall–Kier alpha value is -2.14. The highest BCUT2D eigenvalue weighted by molar-refractivity contribution is 5.76. The first kappa shape index (κ1) is 21.9. The molecule has 1 atom stereocenters. The standard InChI is InChI=1S/C11H20N4O2.C2HF3O2/c1-2-17-7-10(15-11(16)3-4-12)5-9-6-13-8-14-9;3-2(4,5)1(6)7/h6,8,10H,2-5,7,12H2,1H3,(H,13,14)(H,15,16);(H,6,7)/t10-;/m0./s1. The number of carbonyl (C=O) groups is 2. The van der Waals surface area contributed by atoms with Gasteiger partial charge in [0.2, 0.25) is 5.91 Å². The molecule has 0 aliphatic carbocycles. The first-order chi connectivity index (χ1) is 11.2. The summed E-state index contributed by atoms with van der Waals surface area (Å²) >= 11 is 0. The Balaban J connectivity index is 0.000000640. The number of carboxylic acid groups (broad SMARTS) is 1. The van der Waals surface area contributed by atoms with E-state index in [0.717, 1.165) is 5.69 Å². The first-order valence-corrected chi connectivity index (χ1v) is 7.05. The van der Waals surface area contributed by atoms with E-state index >= 15 is 0 Å². The molecule has 0 aromatic carbocycles. The number of nitrogens with zero attached hydrogens (tertiary/aromatic N) is 1. The zero-order valence-electron chi connectivity index (χ0n) is 13.1. The minimum atomic E-state index is -5.08. The lowest BCUT2D eigenvalue weighted by atomic mass is 10.1. The molecule has 1 aromatic rings. The van der Waals surface area contributed by atoms with Crippen LogP contribution in [-0.4, -0.2) is 58.9 Å². The highest BCUT2D eigenvalue weighted by Crippen LogP contribution is 2.13. The van der Waals surface area contributed by atoms with Crippen molar-refractivity contribution in [1.82, 2.24) is 15.3 Å². The molecule has 0 unspecified atom stereocenters. The van der Waals surface area contributed by atoms with Crippen molar-refractivity contribution < 1.29 is 32.6 Å². The molecule has 0 bridgehead atoms. The molecule has 8 nitrogen and oxygen atoms in total. The second kappa shape index (κ2) is 11.4. The molecule has 0 aliphatic rings. The molecule has 0 aliphatic heterocycles. The number of rotatable bonds is 8. The molecule has 1 heterocycles. The summed E-state index contributed by atoms with van der Waals surface area (Å²) in [7, 11) is 0. The summed E-state index contributed by atoms with van der Waals surface area (Å²) in [6.07, 6.45) is -0.704. The quantitative estimate of drug-likeness (QED) is 0.536. The molecule has 0 radical (unpaired) electrons. The van der Waals surface area contributed by atoms with E-state index in [1.807, 2.05) is 6.92 Å². The van der Waals surface area contributed by atoms with Crippen molar-refractivity contribution in [2.75, 3.05) is 19.8 Å². The Morgan fingerprint density at radius 2 is 2.12 bits per heavy atom. The summed E-state index contributed by atoms with van der Waals surface area (Å²) in [6, 6.07) is -0.0468. The monoisotopic (exact) mass is 354 g/mol. The van der Waals surface area contributed by atoms with E-state index in [0.29, 0.717) is 32.6 Å². The molecule has 138 valence electrons. The van der Waals surface area contributed by atoms with Gasteiger partial charge in [-0.05, 0) is 6.92 Å². The van der Waals surface area contributed by atoms with Crippen molar-refractivity contribution in [3.05, 3.63) is 18.2 Å². The van der Waals surface area contributed by atoms with Gasteiger partial charge in [0, 0.05) is 37.9 Å². The third-order valence-corrected chi connectivity index (χ3v) is 2.52. The number of imidazole rings is 1. The molecule has 1 amide bonds. The van der Waals surface area contributed by atoms with Gasteiger partial charge in [0.15, 0.2) is 0 Å². The molecule has 0 saturated carbocycles. The number of nitrogens with two attached hydrogens (primary N) is 1. The number of carboxylic acids is 1. The van der Waals surface area contributed by atoms with Crippen LogP contribution < -0.4 is 11.1 Å². The maximum atomic E-state index is 11.5. The SMILES string of the molecule is CCOC[C@H](Cc1cnc[nH]1)NC(=O)CCN.O=C(O)C(F)(F)F. The zero-order valence-corrected chi connectivity index (χ0v) is 13.1. The topological polar surface area (TPSA) is 130 Å². The lowest BCUT2D eigenvalue weighted by Gasteiger charge is -2.17. The Morgan fingerprint density at radius 1 is 1.50 bits per heavy atom. The summed E-state index contributed by atoms with van der Waals surface area (Å²) in [5, 5.41) is 10.0. The molecule has 0 saturated heterocycles. The molecule has 0 spiro atoms. The smallest absolute Gasteiger partial charge is 0.475 e. The second-order valence-corrected chi connectivity index (χ2v) is 4.55. The number of hydrogen-bond donors (Lipinski definition) is 4. The van der Waals surface area contributed by atoms with Gasteiger partial charge in [-0.2, -0.15) is 13.2 Å². The van der Waals surface area contributed by atoms with Gasteiger partial charge in [0.05, 0.1) is 19.0 Å². The second-order valence-electron chi connectivity index (χ2n) is 4.55. The van der Waals surface area contributed by atoms with Crippen molar-refractivity contribution >= 4 is 11.9 Å². The number of alkyl halides is 3. The average Bonchev–Trinajstić information content (AvgIpc) is 2.97. The van der Waals surface area contributed by atoms with Crippen LogP contribution in [0.3, 0.4) is 0 Å². The van der Waals surface area contributed by atoms with E-state index in [9.17, 15) is 18.0 Å². The van der Waals surface area contributed by atoms with Crippen LogP contribution >= 0.6 is 0 Å². The predicted octanol–water partition coefficient (Wildman–Crippen LogP) is 0.456. The lowest BCUT2D eigenvalue weighted by Crippen LogP contribution is -2.40. The number of ether oxygens (including phenoxy) is 1. The predicted molar refractivity (Wildman–Crippen MR) is 78.1 cm³/mol. The third-order valence-electron chi connectivity index (χ3n) is 2.52. The minimum absolute atomic E-state index is 0.0447. The summed E-state index contributed by atoms with van der Waals surface area (Å²) in [4.78, 5) is 27.3. The minimum Gasteiger partial charge on any atom is -0.475 e. The fraction of sp³-hybridized carbons (Fsp3) is 0.615. The van der Waals surface area contributed by atoms with Crippen molar-refractivity contribution in [1.29, 1.82) is 0 Å². The number of aromatic nitrogens is 2. The Bertz CT molecular complexity index is 480. The Labute approximate surface area is 136 Å². The molecular weight excluding hydrogens is 333 g/mol. The molecule has 24 heavy (non-hydrogen) atoms. The van der Waals surface area contributed by atoms with Crippen LogP contribution in [0, 0.1) is 0 Å². The van der Waals surface area contributed by atoms with Crippen LogP contribution in [0.2, 0.25) is 0 Å². The normalized spacial score (nSPS) is 12.0. The van der Waals surface area contributed by atoms with Crippen molar-refractivity contribution in [3.63, 3.8) is 0 Å². The Morgan fingerprint density at radius 3 is 2.54 bits per heavy atom. The van der Waals surface area contributed by atoms with Gasteiger partial charge in [0.25, 0.3) is 0 Å². The highest BCUT2D eigenvalue weighted by atomic mass is 19.4. The molecule has 11 heteroatoms. The van der Waals surface area contributed by atoms with E-state index < -0.39 is 12.1 Å². The molecule has 1 rings (SSSR count). The van der Waals surface area contributed by atoms with Gasteiger partial charge in [-0.15, -0.1) is 0 Å². The number of carbonyl (C=O) groups excluding carboxylic acids is 1. The van der Waals surface area contributed by atoms with Gasteiger partial charge in [0.1, 0.15) is 0 Å². The highest BCUT2D eigenvalue weighted by Gasteiger charge is 2.38. The molecular formula is C13H21F3N4O4. The zero-order chi connectivity index (χ0) is 18.6. The van der Waals surface area contributed by atoms with Gasteiger partial charge >= 0.3 is 12.1 Å². The van der Waals surface area contributed by atoms with Crippen molar-refractivity contribution in [2.45, 2.75) is 32.0 Å². The van der Waals surface area contributed by atoms with E-state index in [2.05, 4.69) is 15.3 Å². The van der Waals surface area contributed by atoms with Crippen LogP contribution in [0.1, 0.15) is 19.0 Å².